The van der Waals surface area contributed by atoms with Gasteiger partial charge in [-0.15, -0.1) is 0 Å². The molecule has 0 aromatic heterocycles. The summed E-state index contributed by atoms with van der Waals surface area (Å²) in [7, 11) is 0. The Bertz CT molecular complexity index is 365. The second kappa shape index (κ2) is 7.55. The summed E-state index contributed by atoms with van der Waals surface area (Å²) in [6.07, 6.45) is 2.14. The lowest BCUT2D eigenvalue weighted by Crippen LogP contribution is -2.34. The van der Waals surface area contributed by atoms with Crippen LogP contribution in [0.2, 0.25) is 0 Å². The van der Waals surface area contributed by atoms with E-state index in [-0.39, 0.29) is 6.04 Å². The van der Waals surface area contributed by atoms with Gasteiger partial charge in [0.05, 0.1) is 12.6 Å². The van der Waals surface area contributed by atoms with Crippen molar-refractivity contribution in [3.63, 3.8) is 0 Å². The molecule has 5 nitrogen and oxygen atoms in total. The summed E-state index contributed by atoms with van der Waals surface area (Å²) in [5.41, 5.74) is 2.48. The number of benzene rings is 1. The van der Waals surface area contributed by atoms with Crippen molar-refractivity contribution < 1.29 is 14.7 Å². The highest BCUT2D eigenvalue weighted by Crippen LogP contribution is 2.17. The van der Waals surface area contributed by atoms with Gasteiger partial charge in [-0.2, -0.15) is 0 Å². The van der Waals surface area contributed by atoms with Gasteiger partial charge in [-0.3, -0.25) is 5.21 Å². The van der Waals surface area contributed by atoms with E-state index >= 15 is 0 Å². The number of nitrogens with one attached hydrogen (secondary N) is 2. The summed E-state index contributed by atoms with van der Waals surface area (Å²) in [6.45, 7) is 4.67. The molecule has 1 aromatic carbocycles. The average Bonchev–Trinajstić information content (AvgIpc) is 2.39. The number of unbranched alkanes of at least 4 members (excludes halogenated alkanes) is 1. The number of hydrogen-bond acceptors (Lipinski definition) is 3. The average molecular weight is 252 g/mol. The standard InChI is InChI=1S/C13H20N2O3/c1-3-4-9-18-12-7-5-11(6-8-12)10(2)14-13(16)15-17/h5-8,10,17H,3-4,9H2,1-2H3,(H2,14,15,16). The second-order valence-electron chi connectivity index (χ2n) is 4.08. The van der Waals surface area contributed by atoms with Crippen LogP contribution in [-0.4, -0.2) is 17.8 Å². The van der Waals surface area contributed by atoms with Crippen LogP contribution in [0.3, 0.4) is 0 Å². The lowest BCUT2D eigenvalue weighted by Gasteiger charge is -2.14. The fourth-order valence-corrected chi connectivity index (χ4v) is 1.50. The Kier molecular flexibility index (Phi) is 6.00. The van der Waals surface area contributed by atoms with Crippen LogP contribution in [0.1, 0.15) is 38.3 Å². The molecule has 0 aliphatic carbocycles. The first kappa shape index (κ1) is 14.3. The molecule has 0 saturated carbocycles. The highest BCUT2D eigenvalue weighted by atomic mass is 16.5. The van der Waals surface area contributed by atoms with E-state index in [0.29, 0.717) is 0 Å². The van der Waals surface area contributed by atoms with Gasteiger partial charge in [0.1, 0.15) is 5.75 Å². The number of rotatable bonds is 6. The predicted octanol–water partition coefficient (Wildman–Crippen LogP) is 2.61. The van der Waals surface area contributed by atoms with Gasteiger partial charge >= 0.3 is 6.03 Å². The van der Waals surface area contributed by atoms with Crippen LogP contribution >= 0.6 is 0 Å². The van der Waals surface area contributed by atoms with E-state index in [9.17, 15) is 4.79 Å². The third-order valence-electron chi connectivity index (χ3n) is 2.60. The first-order valence-electron chi connectivity index (χ1n) is 6.10. The van der Waals surface area contributed by atoms with Gasteiger partial charge in [0.2, 0.25) is 0 Å². The first-order chi connectivity index (χ1) is 8.67. The number of ether oxygens (including phenoxy) is 1. The molecule has 2 amide bonds. The summed E-state index contributed by atoms with van der Waals surface area (Å²) in [5.74, 6) is 0.825. The molecule has 0 bridgehead atoms. The van der Waals surface area contributed by atoms with Crippen LogP contribution in [-0.2, 0) is 0 Å². The zero-order chi connectivity index (χ0) is 13.4. The Morgan fingerprint density at radius 1 is 1.39 bits per heavy atom. The van der Waals surface area contributed by atoms with Gasteiger partial charge in [-0.05, 0) is 31.0 Å². The fourth-order valence-electron chi connectivity index (χ4n) is 1.50. The summed E-state index contributed by atoms with van der Waals surface area (Å²) in [5, 5.41) is 11.0. The number of urea groups is 1. The lowest BCUT2D eigenvalue weighted by atomic mass is 10.1. The summed E-state index contributed by atoms with van der Waals surface area (Å²) in [6, 6.07) is 6.74. The molecule has 1 aromatic rings. The Hall–Kier alpha value is -1.75. The maximum absolute atomic E-state index is 10.9. The molecule has 5 heteroatoms. The Morgan fingerprint density at radius 2 is 2.06 bits per heavy atom. The number of amides is 2. The maximum Gasteiger partial charge on any atom is 0.338 e. The largest absolute Gasteiger partial charge is 0.494 e. The van der Waals surface area contributed by atoms with Gasteiger partial charge in [0.25, 0.3) is 0 Å². The lowest BCUT2D eigenvalue weighted by molar-refractivity contribution is 0.159. The van der Waals surface area contributed by atoms with E-state index in [1.165, 1.54) is 5.48 Å². The topological polar surface area (TPSA) is 70.6 Å². The third kappa shape index (κ3) is 4.63. The zero-order valence-corrected chi connectivity index (χ0v) is 10.8. The number of hydrogen-bond donors (Lipinski definition) is 3. The maximum atomic E-state index is 10.9. The number of carbonyl (C=O) groups is 1. The molecule has 0 aliphatic rings. The predicted molar refractivity (Wildman–Crippen MR) is 68.7 cm³/mol. The van der Waals surface area contributed by atoms with E-state index in [1.54, 1.807) is 0 Å². The van der Waals surface area contributed by atoms with Crippen molar-refractivity contribution in [2.45, 2.75) is 32.7 Å². The molecular formula is C13H20N2O3. The summed E-state index contributed by atoms with van der Waals surface area (Å²) >= 11 is 0. The molecule has 1 unspecified atom stereocenters. The minimum atomic E-state index is -0.620. The van der Waals surface area contributed by atoms with Crippen molar-refractivity contribution in [3.05, 3.63) is 29.8 Å². The fraction of sp³-hybridized carbons (Fsp3) is 0.462. The highest BCUT2D eigenvalue weighted by Gasteiger charge is 2.08. The number of hydroxylamine groups is 1. The van der Waals surface area contributed by atoms with Crippen LogP contribution in [0.5, 0.6) is 5.75 Å². The quantitative estimate of drug-likeness (QED) is 0.414. The van der Waals surface area contributed by atoms with Crippen molar-refractivity contribution in [1.29, 1.82) is 0 Å². The molecule has 1 rings (SSSR count). The third-order valence-corrected chi connectivity index (χ3v) is 2.60. The molecule has 0 spiro atoms. The molecule has 100 valence electrons. The number of carbonyl (C=O) groups excluding carboxylic acids is 1. The molecule has 0 radical (unpaired) electrons. The van der Waals surface area contributed by atoms with Crippen molar-refractivity contribution in [2.75, 3.05) is 6.61 Å². The smallest absolute Gasteiger partial charge is 0.338 e. The van der Waals surface area contributed by atoms with Crippen LogP contribution in [0.4, 0.5) is 4.79 Å². The van der Waals surface area contributed by atoms with Crippen LogP contribution < -0.4 is 15.5 Å². The molecule has 18 heavy (non-hydrogen) atoms. The van der Waals surface area contributed by atoms with Gasteiger partial charge in [-0.25, -0.2) is 10.3 Å². The minimum Gasteiger partial charge on any atom is -0.494 e. The van der Waals surface area contributed by atoms with Gasteiger partial charge in [0.15, 0.2) is 0 Å². The Balaban J connectivity index is 2.51. The molecule has 0 aliphatic heterocycles. The van der Waals surface area contributed by atoms with Crippen LogP contribution in [0, 0.1) is 0 Å². The Morgan fingerprint density at radius 3 is 2.61 bits per heavy atom. The SMILES string of the molecule is CCCCOc1ccc(C(C)NC(=O)NO)cc1. The van der Waals surface area contributed by atoms with Crippen LogP contribution in [0.25, 0.3) is 0 Å². The van der Waals surface area contributed by atoms with Crippen molar-refractivity contribution in [3.8, 4) is 5.75 Å². The van der Waals surface area contributed by atoms with Gasteiger partial charge in [0, 0.05) is 0 Å². The first-order valence-corrected chi connectivity index (χ1v) is 6.10. The van der Waals surface area contributed by atoms with Crippen molar-refractivity contribution in [1.82, 2.24) is 10.8 Å². The Labute approximate surface area is 107 Å². The molecule has 3 N–H and O–H groups in total. The minimum absolute atomic E-state index is 0.179. The molecular weight excluding hydrogens is 232 g/mol. The summed E-state index contributed by atoms with van der Waals surface area (Å²) in [4.78, 5) is 10.9. The van der Waals surface area contributed by atoms with E-state index < -0.39 is 6.03 Å². The van der Waals surface area contributed by atoms with Crippen molar-refractivity contribution in [2.24, 2.45) is 0 Å². The molecule has 0 heterocycles. The second-order valence-corrected chi connectivity index (χ2v) is 4.08. The molecule has 1 atom stereocenters. The summed E-state index contributed by atoms with van der Waals surface area (Å²) < 4.78 is 5.54. The van der Waals surface area contributed by atoms with E-state index in [0.717, 1.165) is 30.8 Å². The van der Waals surface area contributed by atoms with Crippen molar-refractivity contribution >= 4 is 6.03 Å². The molecule has 0 fully saturated rings. The van der Waals surface area contributed by atoms with E-state index in [2.05, 4.69) is 12.2 Å². The van der Waals surface area contributed by atoms with E-state index in [4.69, 9.17) is 9.94 Å². The van der Waals surface area contributed by atoms with Gasteiger partial charge < -0.3 is 10.1 Å². The monoisotopic (exact) mass is 252 g/mol. The zero-order valence-electron chi connectivity index (χ0n) is 10.8. The van der Waals surface area contributed by atoms with Gasteiger partial charge in [-0.1, -0.05) is 25.5 Å². The molecule has 0 saturated heterocycles. The van der Waals surface area contributed by atoms with Crippen LogP contribution in [0.15, 0.2) is 24.3 Å². The normalized spacial score (nSPS) is 11.7. The highest BCUT2D eigenvalue weighted by molar-refractivity contribution is 5.72. The van der Waals surface area contributed by atoms with E-state index in [1.807, 2.05) is 31.2 Å².